The largest absolute Gasteiger partial charge is 0.351 e. The molecule has 3 amide bonds. The van der Waals surface area contributed by atoms with Crippen LogP contribution in [0.15, 0.2) is 48.5 Å². The molecule has 7 heteroatoms. The van der Waals surface area contributed by atoms with Crippen LogP contribution >= 0.6 is 12.4 Å². The highest BCUT2D eigenvalue weighted by molar-refractivity contribution is 6.03. The molecule has 30 heavy (non-hydrogen) atoms. The molecule has 2 aromatic carbocycles. The van der Waals surface area contributed by atoms with Crippen molar-refractivity contribution in [2.75, 3.05) is 32.0 Å². The molecule has 162 valence electrons. The molecule has 0 atom stereocenters. The van der Waals surface area contributed by atoms with E-state index in [1.165, 1.54) is 5.56 Å². The van der Waals surface area contributed by atoms with E-state index < -0.39 is 6.03 Å². The van der Waals surface area contributed by atoms with Crippen molar-refractivity contribution in [3.05, 3.63) is 65.2 Å². The average molecular weight is 431 g/mol. The van der Waals surface area contributed by atoms with E-state index in [9.17, 15) is 9.59 Å². The second-order valence-corrected chi connectivity index (χ2v) is 7.78. The van der Waals surface area contributed by atoms with Gasteiger partial charge in [-0.15, -0.1) is 12.4 Å². The molecule has 0 spiro atoms. The van der Waals surface area contributed by atoms with Crippen molar-refractivity contribution in [1.82, 2.24) is 9.80 Å². The number of piperidine rings is 1. The predicted molar refractivity (Wildman–Crippen MR) is 123 cm³/mol. The molecule has 1 fully saturated rings. The van der Waals surface area contributed by atoms with Gasteiger partial charge in [-0.25, -0.2) is 4.79 Å². The number of anilines is 1. The zero-order chi connectivity index (χ0) is 20.8. The maximum absolute atomic E-state index is 13.0. The fourth-order valence-corrected chi connectivity index (χ4v) is 3.89. The number of likely N-dealkylation sites (N-methyl/N-ethyl adjacent to an activating group) is 1. The Labute approximate surface area is 184 Å². The monoisotopic (exact) mass is 430 g/mol. The van der Waals surface area contributed by atoms with E-state index in [0.29, 0.717) is 30.4 Å². The van der Waals surface area contributed by atoms with Gasteiger partial charge in [-0.05, 0) is 56.5 Å². The Hall–Kier alpha value is -2.57. The van der Waals surface area contributed by atoms with E-state index >= 15 is 0 Å². The molecule has 0 aromatic heterocycles. The highest BCUT2D eigenvalue weighted by Gasteiger charge is 2.27. The van der Waals surface area contributed by atoms with Gasteiger partial charge >= 0.3 is 6.03 Å². The topological polar surface area (TPSA) is 78.7 Å². The van der Waals surface area contributed by atoms with Gasteiger partial charge in [0.1, 0.15) is 0 Å². The summed E-state index contributed by atoms with van der Waals surface area (Å²) >= 11 is 0. The Bertz CT molecular complexity index is 852. The van der Waals surface area contributed by atoms with E-state index in [1.54, 1.807) is 12.1 Å². The summed E-state index contributed by atoms with van der Waals surface area (Å²) in [5.41, 5.74) is 8.54. The summed E-state index contributed by atoms with van der Waals surface area (Å²) in [6.07, 6.45) is 2.92. The third kappa shape index (κ3) is 6.21. The number of carbonyl (C=O) groups excluding carboxylic acids is 2. The van der Waals surface area contributed by atoms with Crippen molar-refractivity contribution in [2.24, 2.45) is 5.73 Å². The van der Waals surface area contributed by atoms with E-state index in [-0.39, 0.29) is 18.3 Å². The third-order valence-corrected chi connectivity index (χ3v) is 5.63. The van der Waals surface area contributed by atoms with E-state index in [0.717, 1.165) is 31.4 Å². The molecule has 1 heterocycles. The lowest BCUT2D eigenvalue weighted by molar-refractivity contribution is 0.0648. The van der Waals surface area contributed by atoms with Crippen LogP contribution in [0, 0.1) is 6.92 Å². The normalized spacial score (nSPS) is 14.3. The predicted octanol–water partition coefficient (Wildman–Crippen LogP) is 3.69. The fourth-order valence-electron chi connectivity index (χ4n) is 3.89. The highest BCUT2D eigenvalue weighted by Crippen LogP contribution is 2.23. The van der Waals surface area contributed by atoms with Crippen molar-refractivity contribution < 1.29 is 9.59 Å². The van der Waals surface area contributed by atoms with Crippen LogP contribution in [0.5, 0.6) is 0 Å². The fraction of sp³-hybridized carbons (Fsp3) is 0.391. The number of halogens is 1. The molecule has 1 saturated heterocycles. The smallest absolute Gasteiger partial charge is 0.316 e. The van der Waals surface area contributed by atoms with E-state index in [4.69, 9.17) is 5.73 Å². The lowest BCUT2D eigenvalue weighted by atomic mass is 10.0. The molecular weight excluding hydrogens is 400 g/mol. The molecule has 0 saturated carbocycles. The number of nitrogens with two attached hydrogens (primary N) is 1. The molecule has 6 nitrogen and oxygen atoms in total. The summed E-state index contributed by atoms with van der Waals surface area (Å²) in [6, 6.07) is 15.7. The van der Waals surface area contributed by atoms with Gasteiger partial charge in [0, 0.05) is 25.7 Å². The Kier molecular flexibility index (Phi) is 8.69. The van der Waals surface area contributed by atoms with Crippen molar-refractivity contribution in [3.8, 4) is 0 Å². The summed E-state index contributed by atoms with van der Waals surface area (Å²) in [6.45, 7) is 4.34. The number of hydrogen-bond donors (Lipinski definition) is 2. The number of likely N-dealkylation sites (tertiary alicyclic amines) is 1. The maximum Gasteiger partial charge on any atom is 0.316 e. The maximum atomic E-state index is 13.0. The molecule has 3 N–H and O–H groups in total. The van der Waals surface area contributed by atoms with Crippen LogP contribution in [0.25, 0.3) is 0 Å². The van der Waals surface area contributed by atoms with Gasteiger partial charge < -0.3 is 20.9 Å². The van der Waals surface area contributed by atoms with Crippen LogP contribution in [-0.2, 0) is 6.42 Å². The molecular formula is C23H31ClN4O2. The number of nitrogens with one attached hydrogen (secondary N) is 1. The molecule has 0 aliphatic carbocycles. The molecule has 0 unspecified atom stereocenters. The molecule has 1 aliphatic rings. The van der Waals surface area contributed by atoms with Gasteiger partial charge in [-0.3, -0.25) is 4.79 Å². The van der Waals surface area contributed by atoms with Crippen LogP contribution in [0.2, 0.25) is 0 Å². The first-order valence-electron chi connectivity index (χ1n) is 10.1. The first-order valence-corrected chi connectivity index (χ1v) is 10.1. The summed E-state index contributed by atoms with van der Waals surface area (Å²) in [5, 5.41) is 2.58. The van der Waals surface area contributed by atoms with Crippen LogP contribution in [0.4, 0.5) is 10.5 Å². The number of carbonyl (C=O) groups is 2. The van der Waals surface area contributed by atoms with Gasteiger partial charge in [-0.2, -0.15) is 0 Å². The Morgan fingerprint density at radius 2 is 1.80 bits per heavy atom. The molecule has 1 aliphatic heterocycles. The van der Waals surface area contributed by atoms with E-state index in [1.807, 2.05) is 24.0 Å². The number of primary amides is 1. The zero-order valence-corrected chi connectivity index (χ0v) is 18.5. The SMILES string of the molecule is Cc1ccc(C(=O)N2CCC(N(C)CCc3ccccc3)CC2)c(NC(N)=O)c1.Cl. The van der Waals surface area contributed by atoms with Crippen LogP contribution < -0.4 is 11.1 Å². The first-order chi connectivity index (χ1) is 13.9. The summed E-state index contributed by atoms with van der Waals surface area (Å²) < 4.78 is 0. The van der Waals surface area contributed by atoms with Crippen molar-refractivity contribution >= 4 is 30.0 Å². The number of hydrogen-bond acceptors (Lipinski definition) is 3. The lowest BCUT2D eigenvalue weighted by Gasteiger charge is -2.37. The number of benzene rings is 2. The van der Waals surface area contributed by atoms with Gasteiger partial charge in [0.25, 0.3) is 5.91 Å². The van der Waals surface area contributed by atoms with Gasteiger partial charge in [-0.1, -0.05) is 36.4 Å². The Balaban J connectivity index is 0.00000320. The van der Waals surface area contributed by atoms with Crippen LogP contribution in [0.1, 0.15) is 34.3 Å². The summed E-state index contributed by atoms with van der Waals surface area (Å²) in [4.78, 5) is 28.6. The van der Waals surface area contributed by atoms with Gasteiger partial charge in [0.15, 0.2) is 0 Å². The number of urea groups is 1. The second-order valence-electron chi connectivity index (χ2n) is 7.78. The molecule has 3 rings (SSSR count). The first kappa shape index (κ1) is 23.7. The number of amides is 3. The minimum Gasteiger partial charge on any atom is -0.351 e. The quantitative estimate of drug-likeness (QED) is 0.733. The van der Waals surface area contributed by atoms with Gasteiger partial charge in [0.2, 0.25) is 0 Å². The van der Waals surface area contributed by atoms with Crippen LogP contribution in [-0.4, -0.2) is 54.5 Å². The van der Waals surface area contributed by atoms with Crippen molar-refractivity contribution in [1.29, 1.82) is 0 Å². The average Bonchev–Trinajstić information content (AvgIpc) is 2.72. The van der Waals surface area contributed by atoms with Crippen LogP contribution in [0.3, 0.4) is 0 Å². The van der Waals surface area contributed by atoms with Crippen molar-refractivity contribution in [3.63, 3.8) is 0 Å². The number of nitrogens with zero attached hydrogens (tertiary/aromatic N) is 2. The Morgan fingerprint density at radius 1 is 1.13 bits per heavy atom. The lowest BCUT2D eigenvalue weighted by Crippen LogP contribution is -2.46. The van der Waals surface area contributed by atoms with Gasteiger partial charge in [0.05, 0.1) is 11.3 Å². The minimum absolute atomic E-state index is 0. The third-order valence-electron chi connectivity index (χ3n) is 5.63. The number of rotatable bonds is 6. The second kappa shape index (κ2) is 11.0. The van der Waals surface area contributed by atoms with E-state index in [2.05, 4.69) is 41.5 Å². The number of aryl methyl sites for hydroxylation is 1. The highest BCUT2D eigenvalue weighted by atomic mass is 35.5. The molecule has 2 aromatic rings. The zero-order valence-electron chi connectivity index (χ0n) is 17.6. The summed E-state index contributed by atoms with van der Waals surface area (Å²) in [5.74, 6) is -0.0564. The summed E-state index contributed by atoms with van der Waals surface area (Å²) in [7, 11) is 2.17. The minimum atomic E-state index is -0.664. The molecule has 0 bridgehead atoms. The standard InChI is InChI=1S/C23H30N4O2.ClH/c1-17-8-9-20(21(16-17)25-23(24)29)22(28)27-14-11-19(12-15-27)26(2)13-10-18-6-4-3-5-7-18;/h3-9,16,19H,10-15H2,1-2H3,(H3,24,25,29);1H. The Morgan fingerprint density at radius 3 is 2.43 bits per heavy atom. The van der Waals surface area contributed by atoms with Crippen molar-refractivity contribution in [2.45, 2.75) is 32.2 Å². The molecule has 0 radical (unpaired) electrons.